The monoisotopic (exact) mass is 381 g/mol. The van der Waals surface area contributed by atoms with Crippen LogP contribution in [-0.2, 0) is 16.6 Å². The van der Waals surface area contributed by atoms with E-state index in [2.05, 4.69) is 10.3 Å². The second-order valence-corrected chi connectivity index (χ2v) is 8.46. The fourth-order valence-electron chi connectivity index (χ4n) is 2.88. The molecule has 3 rings (SSSR count). The maximum Gasteiger partial charge on any atom is 0.224 e. The van der Waals surface area contributed by atoms with Gasteiger partial charge in [0.15, 0.2) is 11.5 Å². The van der Waals surface area contributed by atoms with Crippen molar-refractivity contribution in [2.24, 2.45) is 0 Å². The van der Waals surface area contributed by atoms with Gasteiger partial charge in [0, 0.05) is 32.6 Å². The average Bonchev–Trinajstić information content (AvgIpc) is 3.09. The number of ether oxygens (including phenoxy) is 2. The molecule has 0 bridgehead atoms. The van der Waals surface area contributed by atoms with Gasteiger partial charge in [0.2, 0.25) is 15.6 Å². The third-order valence-corrected chi connectivity index (χ3v) is 6.20. The molecule has 0 amide bonds. The van der Waals surface area contributed by atoms with E-state index in [1.807, 2.05) is 10.6 Å². The molecule has 26 heavy (non-hydrogen) atoms. The summed E-state index contributed by atoms with van der Waals surface area (Å²) in [7, 11) is 1.31. The summed E-state index contributed by atoms with van der Waals surface area (Å²) in [6.07, 6.45) is 0.362. The van der Waals surface area contributed by atoms with E-state index >= 15 is 0 Å². The van der Waals surface area contributed by atoms with E-state index in [4.69, 9.17) is 14.9 Å². The van der Waals surface area contributed by atoms with E-state index in [-0.39, 0.29) is 18.0 Å². The van der Waals surface area contributed by atoms with Crippen LogP contribution in [0, 0.1) is 5.41 Å². The Morgan fingerprint density at radius 3 is 2.85 bits per heavy atom. The van der Waals surface area contributed by atoms with E-state index in [0.717, 1.165) is 17.7 Å². The normalized spacial score (nSPS) is 13.7. The molecule has 1 aromatic heterocycles. The minimum Gasteiger partial charge on any atom is -0.491 e. The molecule has 0 unspecified atom stereocenters. The Bertz CT molecular complexity index is 984. The van der Waals surface area contributed by atoms with Gasteiger partial charge in [-0.15, -0.1) is 0 Å². The number of methoxy groups -OCH3 is 1. The van der Waals surface area contributed by atoms with Crippen LogP contribution in [-0.4, -0.2) is 62.4 Å². The number of nitrogens with one attached hydrogen (secondary N) is 2. The lowest BCUT2D eigenvalue weighted by molar-refractivity contribution is 0.295. The van der Waals surface area contributed by atoms with E-state index in [0.29, 0.717) is 30.0 Å². The average molecular weight is 381 g/mol. The zero-order valence-corrected chi connectivity index (χ0v) is 15.9. The van der Waals surface area contributed by atoms with Gasteiger partial charge < -0.3 is 14.8 Å². The molecule has 9 nitrogen and oxygen atoms in total. The summed E-state index contributed by atoms with van der Waals surface area (Å²) in [6.45, 7) is 1.70. The van der Waals surface area contributed by atoms with Crippen molar-refractivity contribution in [2.75, 3.05) is 45.4 Å². The van der Waals surface area contributed by atoms with Gasteiger partial charge in [-0.3, -0.25) is 9.98 Å². The van der Waals surface area contributed by atoms with Crippen molar-refractivity contribution in [1.29, 1.82) is 5.41 Å². The molecule has 0 aliphatic carbocycles. The second-order valence-electron chi connectivity index (χ2n) is 6.16. The first-order valence-electron chi connectivity index (χ1n) is 8.28. The molecular weight excluding hydrogens is 358 g/mol. The first kappa shape index (κ1) is 18.5. The number of nitrogens with zero attached hydrogens (tertiary/aromatic N) is 3. The molecule has 0 atom stereocenters. The molecule has 2 N–H and O–H groups in total. The quantitative estimate of drug-likeness (QED) is 0.680. The van der Waals surface area contributed by atoms with Gasteiger partial charge in [0.05, 0.1) is 19.5 Å². The van der Waals surface area contributed by atoms with E-state index in [9.17, 15) is 8.42 Å². The number of anilines is 1. The number of hydrogen-bond acceptors (Lipinski definition) is 7. The van der Waals surface area contributed by atoms with Gasteiger partial charge in [-0.2, -0.15) is 0 Å². The van der Waals surface area contributed by atoms with Crippen molar-refractivity contribution in [3.05, 3.63) is 17.8 Å². The molecule has 10 heteroatoms. The summed E-state index contributed by atoms with van der Waals surface area (Å²) in [4.78, 5) is 4.35. The van der Waals surface area contributed by atoms with Gasteiger partial charge in [-0.25, -0.2) is 17.7 Å². The number of rotatable bonds is 7. The van der Waals surface area contributed by atoms with Gasteiger partial charge >= 0.3 is 0 Å². The first-order valence-corrected chi connectivity index (χ1v) is 9.89. The lowest BCUT2D eigenvalue weighted by Gasteiger charge is -2.15. The molecule has 1 aliphatic heterocycles. The van der Waals surface area contributed by atoms with Crippen LogP contribution < -0.4 is 20.4 Å². The molecule has 142 valence electrons. The maximum atomic E-state index is 11.8. The summed E-state index contributed by atoms with van der Waals surface area (Å²) in [5.41, 5.74) is 0.710. The van der Waals surface area contributed by atoms with Crippen molar-refractivity contribution >= 4 is 26.7 Å². The Hall–Kier alpha value is -2.33. The predicted molar refractivity (Wildman–Crippen MR) is 98.2 cm³/mol. The third kappa shape index (κ3) is 3.34. The Kier molecular flexibility index (Phi) is 5.05. The van der Waals surface area contributed by atoms with Crippen molar-refractivity contribution in [3.63, 3.8) is 0 Å². The lowest BCUT2D eigenvalue weighted by atomic mass is 10.2. The van der Waals surface area contributed by atoms with Crippen LogP contribution in [0.5, 0.6) is 11.5 Å². The van der Waals surface area contributed by atoms with Crippen LogP contribution >= 0.6 is 0 Å². The van der Waals surface area contributed by atoms with E-state index < -0.39 is 10.0 Å². The maximum absolute atomic E-state index is 11.8. The third-order valence-electron chi connectivity index (χ3n) is 4.29. The van der Waals surface area contributed by atoms with Gasteiger partial charge in [0.25, 0.3) is 0 Å². The zero-order valence-electron chi connectivity index (χ0n) is 15.1. The van der Waals surface area contributed by atoms with E-state index in [1.54, 1.807) is 6.07 Å². The molecule has 0 fully saturated rings. The minimum atomic E-state index is -3.24. The summed E-state index contributed by atoms with van der Waals surface area (Å²) >= 11 is 0. The number of benzene rings is 1. The highest BCUT2D eigenvalue weighted by Gasteiger charge is 2.20. The van der Waals surface area contributed by atoms with Crippen LogP contribution in [0.2, 0.25) is 0 Å². The standard InChI is InChI=1S/C16H23N5O4S/c1-20(2)26(22,23)10-4-9-25-12-6-5-11-13(14(12)24-3)19-16(17)21-8-7-18-15(11)21/h5-6,17-18H,4,7-10H2,1-3H3. The Morgan fingerprint density at radius 2 is 2.15 bits per heavy atom. The summed E-state index contributed by atoms with van der Waals surface area (Å²) in [5.74, 6) is 1.79. The Labute approximate surface area is 152 Å². The van der Waals surface area contributed by atoms with Gasteiger partial charge in [-0.05, 0) is 18.6 Å². The highest BCUT2D eigenvalue weighted by molar-refractivity contribution is 7.89. The van der Waals surface area contributed by atoms with Crippen LogP contribution in [0.25, 0.3) is 10.9 Å². The number of fused-ring (bicyclic) bond motifs is 3. The number of aromatic nitrogens is 2. The predicted octanol–water partition coefficient (Wildman–Crippen LogP) is 0.610. The Morgan fingerprint density at radius 1 is 1.38 bits per heavy atom. The van der Waals surface area contributed by atoms with Crippen molar-refractivity contribution in [1.82, 2.24) is 13.9 Å². The zero-order chi connectivity index (χ0) is 18.9. The van der Waals surface area contributed by atoms with Gasteiger partial charge in [0.1, 0.15) is 11.3 Å². The van der Waals surface area contributed by atoms with Crippen LogP contribution in [0.1, 0.15) is 6.42 Å². The molecule has 0 saturated carbocycles. The molecule has 1 aromatic carbocycles. The van der Waals surface area contributed by atoms with Crippen LogP contribution in [0.15, 0.2) is 12.1 Å². The molecular formula is C16H23N5O4S. The Balaban J connectivity index is 1.84. The largest absolute Gasteiger partial charge is 0.491 e. The van der Waals surface area contributed by atoms with Crippen molar-refractivity contribution < 1.29 is 17.9 Å². The van der Waals surface area contributed by atoms with Gasteiger partial charge in [-0.1, -0.05) is 0 Å². The topological polar surface area (TPSA) is 110 Å². The second kappa shape index (κ2) is 7.12. The SMILES string of the molecule is COc1c(OCCCS(=O)(=O)N(C)C)ccc2c3n(c(=N)nc12)CCN3. The first-order chi connectivity index (χ1) is 12.3. The molecule has 2 aromatic rings. The summed E-state index contributed by atoms with van der Waals surface area (Å²) in [5, 5.41) is 12.2. The molecule has 1 aliphatic rings. The lowest BCUT2D eigenvalue weighted by Crippen LogP contribution is -2.25. The highest BCUT2D eigenvalue weighted by atomic mass is 32.2. The highest BCUT2D eigenvalue weighted by Crippen LogP contribution is 2.37. The van der Waals surface area contributed by atoms with Crippen LogP contribution in [0.4, 0.5) is 5.82 Å². The fraction of sp³-hybridized carbons (Fsp3) is 0.500. The van der Waals surface area contributed by atoms with E-state index in [1.165, 1.54) is 25.5 Å². The summed E-state index contributed by atoms with van der Waals surface area (Å²) < 4.78 is 37.8. The smallest absolute Gasteiger partial charge is 0.224 e. The summed E-state index contributed by atoms with van der Waals surface area (Å²) in [6, 6.07) is 3.66. The molecule has 0 spiro atoms. The molecule has 2 heterocycles. The van der Waals surface area contributed by atoms with Crippen LogP contribution in [0.3, 0.4) is 0 Å². The minimum absolute atomic E-state index is 0.0130. The number of hydrogen-bond donors (Lipinski definition) is 2. The molecule has 0 saturated heterocycles. The van der Waals surface area contributed by atoms with Crippen molar-refractivity contribution in [3.8, 4) is 11.5 Å². The van der Waals surface area contributed by atoms with Crippen molar-refractivity contribution in [2.45, 2.75) is 13.0 Å². The molecule has 0 radical (unpaired) electrons. The number of sulfonamides is 1. The fourth-order valence-corrected chi connectivity index (χ4v) is 3.73.